The minimum atomic E-state index is -0.954. The Bertz CT molecular complexity index is 335. The minimum absolute atomic E-state index is 0.324. The van der Waals surface area contributed by atoms with Gasteiger partial charge in [0.2, 0.25) is 0 Å². The average Bonchev–Trinajstić information content (AvgIpc) is 2.64. The molecule has 0 aliphatic rings. The van der Waals surface area contributed by atoms with Gasteiger partial charge in [-0.15, -0.1) is 0 Å². The lowest BCUT2D eigenvalue weighted by Crippen LogP contribution is -2.15. The van der Waals surface area contributed by atoms with Crippen LogP contribution in [0.1, 0.15) is 84.0 Å². The molecule has 0 atom stereocenters. The van der Waals surface area contributed by atoms with Gasteiger partial charge >= 0.3 is 5.97 Å². The number of aliphatic hydroxyl groups excluding tert-OH is 3. The topological polar surface area (TPSA) is 98.0 Å². The van der Waals surface area contributed by atoms with Crippen LogP contribution in [0.3, 0.4) is 0 Å². The molecular weight excluding hydrogens is 332 g/mol. The summed E-state index contributed by atoms with van der Waals surface area (Å²) in [5.41, 5.74) is 0. The first kappa shape index (κ1) is 27.1. The van der Waals surface area contributed by atoms with Crippen molar-refractivity contribution in [1.82, 2.24) is 0 Å². The highest BCUT2D eigenvalue weighted by molar-refractivity contribution is 5.66. The summed E-state index contributed by atoms with van der Waals surface area (Å²) in [5, 5.41) is 32.5. The van der Waals surface area contributed by atoms with Crippen molar-refractivity contribution in [3.8, 4) is 0 Å². The van der Waals surface area contributed by atoms with Crippen LogP contribution >= 0.6 is 0 Å². The number of unbranched alkanes of at least 4 members (excludes halogenated alkanes) is 8. The van der Waals surface area contributed by atoms with Gasteiger partial charge in [0.15, 0.2) is 0 Å². The monoisotopic (exact) mass is 372 g/mol. The highest BCUT2D eigenvalue weighted by Gasteiger charge is 1.95. The number of aliphatic carboxylic acids is 1. The maximum Gasteiger partial charge on any atom is 0.303 e. The number of rotatable bonds is 16. The van der Waals surface area contributed by atoms with Gasteiger partial charge in [-0.1, -0.05) is 63.3 Å². The predicted molar refractivity (Wildman–Crippen MR) is 107 cm³/mol. The van der Waals surface area contributed by atoms with E-state index < -0.39 is 12.1 Å². The molecule has 5 heteroatoms. The molecular formula is C21H40O5. The van der Waals surface area contributed by atoms with Gasteiger partial charge in [0.05, 0.1) is 13.2 Å². The molecule has 0 aromatic heterocycles. The summed E-state index contributed by atoms with van der Waals surface area (Å²) in [6.07, 6.45) is 21.3. The van der Waals surface area contributed by atoms with E-state index in [2.05, 4.69) is 31.2 Å². The summed E-state index contributed by atoms with van der Waals surface area (Å²) in [6, 6.07) is 0. The normalized spacial score (nSPS) is 11.3. The maximum atomic E-state index is 10.3. The molecule has 0 aliphatic heterocycles. The number of carboxylic acid groups (broad SMARTS) is 1. The lowest BCUT2D eigenvalue weighted by Gasteiger charge is -1.98. The van der Waals surface area contributed by atoms with Crippen LogP contribution in [-0.4, -0.2) is 45.7 Å². The van der Waals surface area contributed by atoms with Crippen molar-refractivity contribution < 1.29 is 25.2 Å². The first-order valence-corrected chi connectivity index (χ1v) is 10.00. The Kier molecular flexibility index (Phi) is 24.8. The molecule has 0 saturated heterocycles. The van der Waals surface area contributed by atoms with Crippen LogP contribution in [0.15, 0.2) is 24.3 Å². The smallest absolute Gasteiger partial charge is 0.303 e. The number of carbonyl (C=O) groups is 1. The van der Waals surface area contributed by atoms with Crippen LogP contribution in [-0.2, 0) is 4.79 Å². The Morgan fingerprint density at radius 2 is 1.31 bits per heavy atom. The van der Waals surface area contributed by atoms with E-state index in [1.807, 2.05) is 0 Å². The number of allylic oxidation sites excluding steroid dienone is 4. The second-order valence-electron chi connectivity index (χ2n) is 6.39. The van der Waals surface area contributed by atoms with E-state index in [1.54, 1.807) is 0 Å². The molecule has 0 spiro atoms. The van der Waals surface area contributed by atoms with E-state index in [9.17, 15) is 4.79 Å². The molecule has 5 nitrogen and oxygen atoms in total. The van der Waals surface area contributed by atoms with Crippen LogP contribution in [0.4, 0.5) is 0 Å². The minimum Gasteiger partial charge on any atom is -0.481 e. The largest absolute Gasteiger partial charge is 0.481 e. The molecule has 0 unspecified atom stereocenters. The molecule has 0 bridgehead atoms. The molecule has 0 rings (SSSR count). The zero-order valence-electron chi connectivity index (χ0n) is 16.5. The fourth-order valence-electron chi connectivity index (χ4n) is 2.15. The molecule has 0 aliphatic carbocycles. The molecule has 0 heterocycles. The van der Waals surface area contributed by atoms with Crippen LogP contribution < -0.4 is 0 Å². The average molecular weight is 373 g/mol. The van der Waals surface area contributed by atoms with Crippen LogP contribution in [0.2, 0.25) is 0 Å². The van der Waals surface area contributed by atoms with Gasteiger partial charge in [0.1, 0.15) is 6.10 Å². The molecule has 0 aromatic rings. The number of aliphatic hydroxyl groups is 3. The molecule has 0 aromatic carbocycles. The zero-order chi connectivity index (χ0) is 19.9. The van der Waals surface area contributed by atoms with E-state index >= 15 is 0 Å². The maximum absolute atomic E-state index is 10.3. The number of carboxylic acids is 1. The molecule has 0 radical (unpaired) electrons. The summed E-state index contributed by atoms with van der Waals surface area (Å²) in [7, 11) is 0. The third-order valence-corrected chi connectivity index (χ3v) is 3.76. The van der Waals surface area contributed by atoms with Gasteiger partial charge in [-0.3, -0.25) is 4.79 Å². The number of hydrogen-bond donors (Lipinski definition) is 4. The molecule has 0 fully saturated rings. The Labute approximate surface area is 159 Å². The highest BCUT2D eigenvalue weighted by atomic mass is 16.4. The second-order valence-corrected chi connectivity index (χ2v) is 6.39. The standard InChI is InChI=1S/C18H32O2.C3H8O3/c1-2-3-4-5-6-7-8-9-10-11-12-13-14-15-16-17-18(19)20;4-1-3(6)2-5/h6-7,9-10H,2-5,8,11-17H2,1H3,(H,19,20);3-6H,1-2H2. The summed E-state index contributed by atoms with van der Waals surface area (Å²) < 4.78 is 0. The van der Waals surface area contributed by atoms with Gasteiger partial charge < -0.3 is 20.4 Å². The zero-order valence-corrected chi connectivity index (χ0v) is 16.5. The van der Waals surface area contributed by atoms with Gasteiger partial charge in [-0.2, -0.15) is 0 Å². The van der Waals surface area contributed by atoms with E-state index in [1.165, 1.54) is 44.9 Å². The van der Waals surface area contributed by atoms with Crippen LogP contribution in [0, 0.1) is 0 Å². The predicted octanol–water partition coefficient (Wildman–Crippen LogP) is 4.22. The third-order valence-electron chi connectivity index (χ3n) is 3.76. The number of hydrogen-bond acceptors (Lipinski definition) is 4. The first-order chi connectivity index (χ1) is 12.6. The Hall–Kier alpha value is -1.17. The van der Waals surface area contributed by atoms with Crippen molar-refractivity contribution in [3.63, 3.8) is 0 Å². The first-order valence-electron chi connectivity index (χ1n) is 10.00. The second kappa shape index (κ2) is 23.8. The Balaban J connectivity index is 0. The van der Waals surface area contributed by atoms with Crippen LogP contribution in [0.5, 0.6) is 0 Å². The van der Waals surface area contributed by atoms with Crippen molar-refractivity contribution in [3.05, 3.63) is 24.3 Å². The Morgan fingerprint density at radius 3 is 1.77 bits per heavy atom. The third kappa shape index (κ3) is 27.7. The van der Waals surface area contributed by atoms with Gasteiger partial charge in [-0.25, -0.2) is 0 Å². The van der Waals surface area contributed by atoms with Crippen molar-refractivity contribution in [2.45, 2.75) is 90.1 Å². The fourth-order valence-corrected chi connectivity index (χ4v) is 2.15. The highest BCUT2D eigenvalue weighted by Crippen LogP contribution is 2.08. The van der Waals surface area contributed by atoms with Crippen molar-refractivity contribution in [1.29, 1.82) is 0 Å². The molecule has 0 amide bonds. The summed E-state index contributed by atoms with van der Waals surface area (Å²) >= 11 is 0. The van der Waals surface area contributed by atoms with Gasteiger partial charge in [0, 0.05) is 6.42 Å². The summed E-state index contributed by atoms with van der Waals surface area (Å²) in [5.74, 6) is -0.671. The lowest BCUT2D eigenvalue weighted by molar-refractivity contribution is -0.137. The van der Waals surface area contributed by atoms with Crippen molar-refractivity contribution in [2.24, 2.45) is 0 Å². The van der Waals surface area contributed by atoms with Gasteiger partial charge in [0.25, 0.3) is 0 Å². The SMILES string of the molecule is CCCCCC=CCC=CCCCCCCCC(=O)O.OCC(O)CO. The quantitative estimate of drug-likeness (QED) is 0.240. The van der Waals surface area contributed by atoms with E-state index in [0.29, 0.717) is 6.42 Å². The summed E-state index contributed by atoms with van der Waals surface area (Å²) in [6.45, 7) is 1.51. The lowest BCUT2D eigenvalue weighted by atomic mass is 10.1. The van der Waals surface area contributed by atoms with E-state index in [-0.39, 0.29) is 13.2 Å². The van der Waals surface area contributed by atoms with Crippen molar-refractivity contribution in [2.75, 3.05) is 13.2 Å². The molecule has 0 saturated carbocycles. The summed E-state index contributed by atoms with van der Waals surface area (Å²) in [4.78, 5) is 10.3. The van der Waals surface area contributed by atoms with E-state index in [0.717, 1.165) is 25.7 Å². The van der Waals surface area contributed by atoms with Crippen molar-refractivity contribution >= 4 is 5.97 Å². The molecule has 26 heavy (non-hydrogen) atoms. The molecule has 154 valence electrons. The Morgan fingerprint density at radius 1 is 0.808 bits per heavy atom. The molecule has 4 N–H and O–H groups in total. The van der Waals surface area contributed by atoms with E-state index in [4.69, 9.17) is 20.4 Å². The van der Waals surface area contributed by atoms with Gasteiger partial charge in [-0.05, 0) is 38.5 Å². The van der Waals surface area contributed by atoms with Crippen LogP contribution in [0.25, 0.3) is 0 Å². The fraction of sp³-hybridized carbons (Fsp3) is 0.762.